The second-order valence-corrected chi connectivity index (χ2v) is 6.22. The van der Waals surface area contributed by atoms with E-state index in [9.17, 15) is 9.59 Å². The number of nitrogens with zero attached hydrogens (tertiary/aromatic N) is 6. The Morgan fingerprint density at radius 3 is 2.61 bits per heavy atom. The van der Waals surface area contributed by atoms with E-state index in [0.717, 1.165) is 5.56 Å². The van der Waals surface area contributed by atoms with Gasteiger partial charge in [0.2, 0.25) is 5.91 Å². The molecule has 140 valence electrons. The fourth-order valence-corrected chi connectivity index (χ4v) is 2.79. The summed E-state index contributed by atoms with van der Waals surface area (Å²) in [5, 5.41) is 19.0. The average Bonchev–Trinajstić information content (AvgIpc) is 3.15. The van der Waals surface area contributed by atoms with Gasteiger partial charge < -0.3 is 5.32 Å². The van der Waals surface area contributed by atoms with Crippen LogP contribution in [0.25, 0.3) is 10.9 Å². The van der Waals surface area contributed by atoms with Gasteiger partial charge in [-0.1, -0.05) is 52.9 Å². The van der Waals surface area contributed by atoms with E-state index in [1.807, 2.05) is 30.3 Å². The fourth-order valence-electron chi connectivity index (χ4n) is 2.79. The van der Waals surface area contributed by atoms with E-state index in [1.165, 1.54) is 4.68 Å². The first-order valence-electron chi connectivity index (χ1n) is 8.75. The molecule has 0 spiro atoms. The molecule has 4 rings (SSSR count). The Morgan fingerprint density at radius 1 is 0.964 bits per heavy atom. The smallest absolute Gasteiger partial charge is 0.277 e. The summed E-state index contributed by atoms with van der Waals surface area (Å²) in [6, 6.07) is 16.8. The van der Waals surface area contributed by atoms with E-state index in [2.05, 4.69) is 25.9 Å². The summed E-state index contributed by atoms with van der Waals surface area (Å²) in [6.07, 6.45) is 1.73. The van der Waals surface area contributed by atoms with Crippen molar-refractivity contribution >= 4 is 22.6 Å². The van der Waals surface area contributed by atoms with E-state index >= 15 is 0 Å². The molecule has 0 saturated heterocycles. The zero-order chi connectivity index (χ0) is 19.3. The van der Waals surface area contributed by atoms with Gasteiger partial charge in [0, 0.05) is 6.42 Å². The van der Waals surface area contributed by atoms with E-state index < -0.39 is 0 Å². The standard InChI is InChI=1S/C19H17N7O2/c27-18(10-11-26-19(28)15-8-4-5-9-16(15)21-24-26)20-17-13-25(23-22-17)12-14-6-2-1-3-7-14/h1-9,13H,10-12H2,(H,20,27). The lowest BCUT2D eigenvalue weighted by Crippen LogP contribution is -2.26. The molecule has 0 saturated carbocycles. The van der Waals surface area contributed by atoms with Gasteiger partial charge >= 0.3 is 0 Å². The summed E-state index contributed by atoms with van der Waals surface area (Å²) in [4.78, 5) is 24.6. The molecule has 9 nitrogen and oxygen atoms in total. The minimum atomic E-state index is -0.284. The van der Waals surface area contributed by atoms with Crippen LogP contribution in [0, 0.1) is 0 Å². The lowest BCUT2D eigenvalue weighted by molar-refractivity contribution is -0.116. The number of anilines is 1. The largest absolute Gasteiger partial charge is 0.308 e. The summed E-state index contributed by atoms with van der Waals surface area (Å²) < 4.78 is 2.83. The number of carbonyl (C=O) groups excluding carboxylic acids is 1. The molecular weight excluding hydrogens is 358 g/mol. The predicted octanol–water partition coefficient (Wildman–Crippen LogP) is 1.46. The molecule has 1 amide bonds. The maximum atomic E-state index is 12.4. The first kappa shape index (κ1) is 17.5. The minimum absolute atomic E-state index is 0.0679. The lowest BCUT2D eigenvalue weighted by Gasteiger charge is -2.04. The molecule has 4 aromatic rings. The summed E-state index contributed by atoms with van der Waals surface area (Å²) in [7, 11) is 0. The van der Waals surface area contributed by atoms with Crippen molar-refractivity contribution in [2.75, 3.05) is 5.32 Å². The van der Waals surface area contributed by atoms with E-state index in [0.29, 0.717) is 23.3 Å². The van der Waals surface area contributed by atoms with Crippen molar-refractivity contribution in [1.82, 2.24) is 30.0 Å². The highest BCUT2D eigenvalue weighted by Gasteiger charge is 2.10. The molecule has 0 atom stereocenters. The third kappa shape index (κ3) is 3.93. The highest BCUT2D eigenvalue weighted by atomic mass is 16.2. The second kappa shape index (κ2) is 7.78. The molecule has 1 N–H and O–H groups in total. The van der Waals surface area contributed by atoms with Gasteiger partial charge in [0.05, 0.1) is 24.7 Å². The first-order valence-corrected chi connectivity index (χ1v) is 8.75. The zero-order valence-corrected chi connectivity index (χ0v) is 14.9. The molecule has 0 aliphatic rings. The highest BCUT2D eigenvalue weighted by Crippen LogP contribution is 2.06. The predicted molar refractivity (Wildman–Crippen MR) is 103 cm³/mol. The molecule has 0 aliphatic heterocycles. The van der Waals surface area contributed by atoms with Gasteiger partial charge in [0.25, 0.3) is 5.56 Å². The number of hydrogen-bond acceptors (Lipinski definition) is 6. The Kier molecular flexibility index (Phi) is 4.87. The molecule has 0 radical (unpaired) electrons. The SMILES string of the molecule is O=C(CCn1nnc2ccccc2c1=O)Nc1cn(Cc2ccccc2)nn1. The van der Waals surface area contributed by atoms with Crippen LogP contribution in [-0.2, 0) is 17.9 Å². The number of aromatic nitrogens is 6. The van der Waals surface area contributed by atoms with Crippen molar-refractivity contribution in [3.05, 3.63) is 76.7 Å². The number of aryl methyl sites for hydroxylation is 1. The van der Waals surface area contributed by atoms with Crippen LogP contribution < -0.4 is 10.9 Å². The van der Waals surface area contributed by atoms with Gasteiger partial charge in [-0.05, 0) is 17.7 Å². The van der Waals surface area contributed by atoms with Gasteiger partial charge in [-0.15, -0.1) is 10.2 Å². The Bertz CT molecular complexity index is 1170. The van der Waals surface area contributed by atoms with Crippen LogP contribution in [0.5, 0.6) is 0 Å². The average molecular weight is 375 g/mol. The molecule has 2 aromatic heterocycles. The van der Waals surface area contributed by atoms with Crippen LogP contribution in [0.1, 0.15) is 12.0 Å². The van der Waals surface area contributed by atoms with Gasteiger partial charge in [0.15, 0.2) is 5.82 Å². The van der Waals surface area contributed by atoms with Crippen molar-refractivity contribution in [2.45, 2.75) is 19.5 Å². The topological polar surface area (TPSA) is 108 Å². The second-order valence-electron chi connectivity index (χ2n) is 6.22. The molecule has 0 aliphatic carbocycles. The monoisotopic (exact) mass is 375 g/mol. The minimum Gasteiger partial charge on any atom is -0.308 e. The van der Waals surface area contributed by atoms with E-state index in [4.69, 9.17) is 0 Å². The lowest BCUT2D eigenvalue weighted by atomic mass is 10.2. The number of amides is 1. The van der Waals surface area contributed by atoms with Gasteiger partial charge in [-0.3, -0.25) is 9.59 Å². The van der Waals surface area contributed by atoms with E-state index in [1.54, 1.807) is 35.1 Å². The molecule has 9 heteroatoms. The van der Waals surface area contributed by atoms with Gasteiger partial charge in [-0.2, -0.15) is 0 Å². The number of fused-ring (bicyclic) bond motifs is 1. The fraction of sp³-hybridized carbons (Fsp3) is 0.158. The van der Waals surface area contributed by atoms with Crippen molar-refractivity contribution in [1.29, 1.82) is 0 Å². The van der Waals surface area contributed by atoms with Crippen molar-refractivity contribution < 1.29 is 4.79 Å². The Hall–Kier alpha value is -3.88. The third-order valence-corrected chi connectivity index (χ3v) is 4.17. The third-order valence-electron chi connectivity index (χ3n) is 4.17. The number of benzene rings is 2. The molecule has 0 fully saturated rings. The Balaban J connectivity index is 1.36. The normalized spacial score (nSPS) is 10.9. The summed E-state index contributed by atoms with van der Waals surface area (Å²) >= 11 is 0. The quantitative estimate of drug-likeness (QED) is 0.547. The maximum Gasteiger partial charge on any atom is 0.277 e. The molecule has 0 unspecified atom stereocenters. The number of nitrogens with one attached hydrogen (secondary N) is 1. The van der Waals surface area contributed by atoms with Crippen molar-refractivity contribution in [3.63, 3.8) is 0 Å². The Labute approximate surface area is 159 Å². The van der Waals surface area contributed by atoms with Crippen molar-refractivity contribution in [3.8, 4) is 0 Å². The van der Waals surface area contributed by atoms with Gasteiger partial charge in [0.1, 0.15) is 5.52 Å². The van der Waals surface area contributed by atoms with E-state index in [-0.39, 0.29) is 24.4 Å². The summed E-state index contributed by atoms with van der Waals surface area (Å²) in [5.41, 5.74) is 1.34. The maximum absolute atomic E-state index is 12.4. The van der Waals surface area contributed by atoms with Crippen molar-refractivity contribution in [2.24, 2.45) is 0 Å². The van der Waals surface area contributed by atoms with Crippen LogP contribution in [0.15, 0.2) is 65.6 Å². The number of hydrogen-bond donors (Lipinski definition) is 1. The van der Waals surface area contributed by atoms with Crippen LogP contribution >= 0.6 is 0 Å². The van der Waals surface area contributed by atoms with Crippen LogP contribution in [-0.4, -0.2) is 35.9 Å². The van der Waals surface area contributed by atoms with Gasteiger partial charge in [-0.25, -0.2) is 9.36 Å². The van der Waals surface area contributed by atoms with Crippen LogP contribution in [0.4, 0.5) is 5.82 Å². The molecule has 0 bridgehead atoms. The molecule has 2 aromatic carbocycles. The summed E-state index contributed by atoms with van der Waals surface area (Å²) in [6.45, 7) is 0.687. The number of rotatable bonds is 6. The summed E-state index contributed by atoms with van der Waals surface area (Å²) in [5.74, 6) is 0.0755. The molecule has 2 heterocycles. The Morgan fingerprint density at radius 2 is 1.75 bits per heavy atom. The van der Waals surface area contributed by atoms with Crippen LogP contribution in [0.2, 0.25) is 0 Å². The number of carbonyl (C=O) groups is 1. The highest BCUT2D eigenvalue weighted by molar-refractivity contribution is 5.89. The van der Waals surface area contributed by atoms with Crippen LogP contribution in [0.3, 0.4) is 0 Å². The molecular formula is C19H17N7O2. The molecule has 28 heavy (non-hydrogen) atoms. The first-order chi connectivity index (χ1) is 13.7. The zero-order valence-electron chi connectivity index (χ0n) is 14.9.